The zero-order valence-corrected chi connectivity index (χ0v) is 21.6. The Morgan fingerprint density at radius 2 is 1.49 bits per heavy atom. The van der Waals surface area contributed by atoms with Gasteiger partial charge >= 0.3 is 5.97 Å². The predicted octanol–water partition coefficient (Wildman–Crippen LogP) is 7.07. The highest BCUT2D eigenvalue weighted by Crippen LogP contribution is 2.27. The average molecular weight is 567 g/mol. The number of nitro benzene ring substituents is 1. The minimum Gasteiger partial charge on any atom is -0.482 e. The topological polar surface area (TPSA) is 117 Å². The molecule has 0 aromatic heterocycles. The fourth-order valence-electron chi connectivity index (χ4n) is 3.28. The number of nitrogens with zero attached hydrogens (tertiary/aromatic N) is 1. The van der Waals surface area contributed by atoms with E-state index in [2.05, 4.69) is 5.32 Å². The molecule has 1 N–H and O–H groups in total. The third-order valence-corrected chi connectivity index (χ3v) is 5.76. The number of carbonyl (C=O) groups excluding carboxylic acids is 2. The van der Waals surface area contributed by atoms with Gasteiger partial charge in [-0.25, -0.2) is 4.79 Å². The van der Waals surface area contributed by atoms with Crippen LogP contribution < -0.4 is 14.8 Å². The maximum absolute atomic E-state index is 12.4. The van der Waals surface area contributed by atoms with Gasteiger partial charge in [0.15, 0.2) is 6.61 Å². The summed E-state index contributed by atoms with van der Waals surface area (Å²) in [7, 11) is 0. The zero-order chi connectivity index (χ0) is 27.8. The molecule has 4 rings (SSSR count). The lowest BCUT2D eigenvalue weighted by atomic mass is 10.2. The Morgan fingerprint density at radius 3 is 2.10 bits per heavy atom. The molecule has 0 unspecified atom stereocenters. The first kappa shape index (κ1) is 27.4. The number of anilines is 1. The van der Waals surface area contributed by atoms with Gasteiger partial charge in [-0.2, -0.15) is 0 Å². The summed E-state index contributed by atoms with van der Waals surface area (Å²) in [6, 6.07) is 23.5. The van der Waals surface area contributed by atoms with E-state index in [1.165, 1.54) is 42.5 Å². The Bertz CT molecular complexity index is 1480. The number of benzene rings is 4. The standard InChI is InChI=1S/C28H20Cl2N2O7/c29-20-5-14-26(25(30)15-20)37-17-27(33)31-21-6-3-19(4-7-21)28(34)38-16-18-1-10-23(11-2-18)39-24-12-8-22(9-13-24)32(35)36/h1-15H,16-17H2,(H,31,33). The van der Waals surface area contributed by atoms with Crippen LogP contribution in [0.3, 0.4) is 0 Å². The molecule has 0 aliphatic carbocycles. The molecule has 0 aliphatic heterocycles. The van der Waals surface area contributed by atoms with Crippen LogP contribution in [-0.4, -0.2) is 23.4 Å². The van der Waals surface area contributed by atoms with Crippen molar-refractivity contribution in [2.24, 2.45) is 0 Å². The molecule has 0 fully saturated rings. The van der Waals surface area contributed by atoms with Gasteiger partial charge in [0.25, 0.3) is 11.6 Å². The zero-order valence-electron chi connectivity index (χ0n) is 20.1. The highest BCUT2D eigenvalue weighted by molar-refractivity contribution is 6.35. The van der Waals surface area contributed by atoms with Crippen molar-refractivity contribution in [2.45, 2.75) is 6.61 Å². The number of halogens is 2. The van der Waals surface area contributed by atoms with Crippen LogP contribution in [0.1, 0.15) is 15.9 Å². The van der Waals surface area contributed by atoms with E-state index in [0.717, 1.165) is 5.56 Å². The molecule has 0 spiro atoms. The number of ether oxygens (including phenoxy) is 3. The van der Waals surface area contributed by atoms with Crippen LogP contribution >= 0.6 is 23.2 Å². The van der Waals surface area contributed by atoms with Crippen LogP contribution in [0, 0.1) is 10.1 Å². The van der Waals surface area contributed by atoms with Crippen molar-refractivity contribution in [3.8, 4) is 17.2 Å². The quantitative estimate of drug-likeness (QED) is 0.124. The second kappa shape index (κ2) is 12.8. The van der Waals surface area contributed by atoms with E-state index in [1.54, 1.807) is 48.5 Å². The fraction of sp³-hybridized carbons (Fsp3) is 0.0714. The average Bonchev–Trinajstić information content (AvgIpc) is 2.93. The molecule has 0 bridgehead atoms. The van der Waals surface area contributed by atoms with Gasteiger partial charge in [0.1, 0.15) is 23.9 Å². The first-order chi connectivity index (χ1) is 18.8. The lowest BCUT2D eigenvalue weighted by molar-refractivity contribution is -0.384. The third-order valence-electron chi connectivity index (χ3n) is 5.23. The maximum atomic E-state index is 12.4. The van der Waals surface area contributed by atoms with E-state index in [1.807, 2.05) is 0 Å². The number of non-ortho nitro benzene ring substituents is 1. The van der Waals surface area contributed by atoms with E-state index >= 15 is 0 Å². The summed E-state index contributed by atoms with van der Waals surface area (Å²) in [4.78, 5) is 34.9. The molecular weight excluding hydrogens is 547 g/mol. The van der Waals surface area contributed by atoms with Crippen LogP contribution in [0.4, 0.5) is 11.4 Å². The molecule has 0 aliphatic rings. The molecule has 4 aromatic rings. The molecule has 4 aromatic carbocycles. The first-order valence-electron chi connectivity index (χ1n) is 11.4. The fourth-order valence-corrected chi connectivity index (χ4v) is 3.74. The molecule has 11 heteroatoms. The molecule has 198 valence electrons. The highest BCUT2D eigenvalue weighted by Gasteiger charge is 2.11. The molecular formula is C28H20Cl2N2O7. The number of amides is 1. The number of nitrogens with one attached hydrogen (secondary N) is 1. The highest BCUT2D eigenvalue weighted by atomic mass is 35.5. The molecule has 0 heterocycles. The molecule has 9 nitrogen and oxygen atoms in total. The summed E-state index contributed by atoms with van der Waals surface area (Å²) in [5.41, 5.74) is 1.51. The van der Waals surface area contributed by atoms with E-state index in [0.29, 0.717) is 38.5 Å². The third kappa shape index (κ3) is 7.94. The van der Waals surface area contributed by atoms with Crippen LogP contribution in [0.25, 0.3) is 0 Å². The second-order valence-electron chi connectivity index (χ2n) is 8.06. The number of rotatable bonds is 10. The van der Waals surface area contributed by atoms with E-state index in [4.69, 9.17) is 37.4 Å². The molecule has 0 saturated heterocycles. The van der Waals surface area contributed by atoms with Gasteiger partial charge in [0.2, 0.25) is 0 Å². The molecule has 0 saturated carbocycles. The number of carbonyl (C=O) groups is 2. The smallest absolute Gasteiger partial charge is 0.338 e. The minimum atomic E-state index is -0.528. The normalized spacial score (nSPS) is 10.4. The largest absolute Gasteiger partial charge is 0.482 e. The second-order valence-corrected chi connectivity index (χ2v) is 8.91. The maximum Gasteiger partial charge on any atom is 0.338 e. The van der Waals surface area contributed by atoms with Crippen LogP contribution in [0.2, 0.25) is 10.0 Å². The van der Waals surface area contributed by atoms with Gasteiger partial charge in [-0.3, -0.25) is 14.9 Å². The van der Waals surface area contributed by atoms with Crippen LogP contribution in [0.15, 0.2) is 91.0 Å². The minimum absolute atomic E-state index is 0.0236. The van der Waals surface area contributed by atoms with Crippen LogP contribution in [-0.2, 0) is 16.1 Å². The summed E-state index contributed by atoms with van der Waals surface area (Å²) in [6.45, 7) is -0.220. The summed E-state index contributed by atoms with van der Waals surface area (Å²) in [5, 5.41) is 14.2. The van der Waals surface area contributed by atoms with Gasteiger partial charge in [-0.1, -0.05) is 35.3 Å². The van der Waals surface area contributed by atoms with Crippen molar-refractivity contribution in [1.82, 2.24) is 0 Å². The van der Waals surface area contributed by atoms with Crippen molar-refractivity contribution in [2.75, 3.05) is 11.9 Å². The van der Waals surface area contributed by atoms with Crippen molar-refractivity contribution in [1.29, 1.82) is 0 Å². The van der Waals surface area contributed by atoms with Gasteiger partial charge in [0.05, 0.1) is 15.5 Å². The number of hydrogen-bond acceptors (Lipinski definition) is 7. The Kier molecular flexibility index (Phi) is 8.98. The summed E-state index contributed by atoms with van der Waals surface area (Å²) in [6.07, 6.45) is 0. The Hall–Kier alpha value is -4.60. The van der Waals surface area contributed by atoms with Crippen LogP contribution in [0.5, 0.6) is 17.2 Å². The predicted molar refractivity (Wildman–Crippen MR) is 146 cm³/mol. The molecule has 39 heavy (non-hydrogen) atoms. The lowest BCUT2D eigenvalue weighted by Gasteiger charge is -2.10. The van der Waals surface area contributed by atoms with Gasteiger partial charge < -0.3 is 19.5 Å². The number of nitro groups is 1. The van der Waals surface area contributed by atoms with Crippen molar-refractivity contribution < 1.29 is 28.7 Å². The summed E-state index contributed by atoms with van der Waals surface area (Å²) >= 11 is 11.9. The van der Waals surface area contributed by atoms with E-state index in [-0.39, 0.29) is 18.9 Å². The van der Waals surface area contributed by atoms with Crippen molar-refractivity contribution in [3.05, 3.63) is 122 Å². The SMILES string of the molecule is O=C(COc1ccc(Cl)cc1Cl)Nc1ccc(C(=O)OCc2ccc(Oc3ccc([N+](=O)[O-])cc3)cc2)cc1. The molecule has 1 amide bonds. The van der Waals surface area contributed by atoms with E-state index < -0.39 is 16.8 Å². The summed E-state index contributed by atoms with van der Waals surface area (Å²) in [5.74, 6) is 0.384. The van der Waals surface area contributed by atoms with Gasteiger partial charge in [-0.05, 0) is 72.3 Å². The molecule has 0 radical (unpaired) electrons. The molecule has 0 atom stereocenters. The Morgan fingerprint density at radius 1 is 0.846 bits per heavy atom. The van der Waals surface area contributed by atoms with Gasteiger partial charge in [0, 0.05) is 22.8 Å². The summed E-state index contributed by atoms with van der Waals surface area (Å²) < 4.78 is 16.4. The van der Waals surface area contributed by atoms with Crippen molar-refractivity contribution >= 4 is 46.5 Å². The number of esters is 1. The van der Waals surface area contributed by atoms with Crippen molar-refractivity contribution in [3.63, 3.8) is 0 Å². The monoisotopic (exact) mass is 566 g/mol. The Labute approximate surface area is 233 Å². The first-order valence-corrected chi connectivity index (χ1v) is 12.2. The lowest BCUT2D eigenvalue weighted by Crippen LogP contribution is -2.20. The van der Waals surface area contributed by atoms with Gasteiger partial charge in [-0.15, -0.1) is 0 Å². The number of hydrogen-bond donors (Lipinski definition) is 1. The van der Waals surface area contributed by atoms with E-state index in [9.17, 15) is 19.7 Å². The Balaban J connectivity index is 1.23.